The molecule has 0 amide bonds. The summed E-state index contributed by atoms with van der Waals surface area (Å²) in [6, 6.07) is 5.91. The van der Waals surface area contributed by atoms with Gasteiger partial charge >= 0.3 is 0 Å². The second-order valence-corrected chi connectivity index (χ2v) is 6.08. The molecule has 1 aromatic carbocycles. The first-order valence-corrected chi connectivity index (χ1v) is 7.26. The van der Waals surface area contributed by atoms with Crippen LogP contribution in [-0.2, 0) is 0 Å². The highest BCUT2D eigenvalue weighted by Crippen LogP contribution is 2.31. The summed E-state index contributed by atoms with van der Waals surface area (Å²) < 4.78 is 1.99. The van der Waals surface area contributed by atoms with Gasteiger partial charge in [0.1, 0.15) is 0 Å². The SMILES string of the molecule is CCCC(C)CC(O)c1cc(Br)ccc1Br. The van der Waals surface area contributed by atoms with Gasteiger partial charge in [-0.05, 0) is 36.1 Å². The maximum atomic E-state index is 10.2. The largest absolute Gasteiger partial charge is 0.388 e. The zero-order valence-corrected chi connectivity index (χ0v) is 12.9. The highest BCUT2D eigenvalue weighted by molar-refractivity contribution is 9.11. The van der Waals surface area contributed by atoms with Crippen molar-refractivity contribution >= 4 is 31.9 Å². The van der Waals surface area contributed by atoms with Gasteiger partial charge in [0.15, 0.2) is 0 Å². The number of hydrogen-bond acceptors (Lipinski definition) is 1. The Morgan fingerprint density at radius 3 is 2.62 bits per heavy atom. The molecular weight excluding hydrogens is 332 g/mol. The van der Waals surface area contributed by atoms with Crippen LogP contribution in [-0.4, -0.2) is 5.11 Å². The minimum atomic E-state index is -0.381. The van der Waals surface area contributed by atoms with E-state index in [0.29, 0.717) is 5.92 Å². The van der Waals surface area contributed by atoms with E-state index in [9.17, 15) is 5.11 Å². The predicted octanol–water partition coefficient (Wildman–Crippen LogP) is 5.07. The van der Waals surface area contributed by atoms with Gasteiger partial charge in [-0.2, -0.15) is 0 Å². The molecule has 0 saturated heterocycles. The van der Waals surface area contributed by atoms with E-state index < -0.39 is 0 Å². The Bertz CT molecular complexity index is 339. The van der Waals surface area contributed by atoms with Crippen molar-refractivity contribution in [2.45, 2.75) is 39.2 Å². The molecule has 0 aromatic heterocycles. The smallest absolute Gasteiger partial charge is 0.0803 e. The van der Waals surface area contributed by atoms with Crippen molar-refractivity contribution in [1.82, 2.24) is 0 Å². The number of aliphatic hydroxyl groups is 1. The monoisotopic (exact) mass is 348 g/mol. The van der Waals surface area contributed by atoms with Gasteiger partial charge in [0, 0.05) is 8.95 Å². The van der Waals surface area contributed by atoms with Crippen LogP contribution in [0.25, 0.3) is 0 Å². The van der Waals surface area contributed by atoms with E-state index in [2.05, 4.69) is 45.7 Å². The summed E-state index contributed by atoms with van der Waals surface area (Å²) in [5.74, 6) is 0.561. The summed E-state index contributed by atoms with van der Waals surface area (Å²) in [6.45, 7) is 4.37. The number of aliphatic hydroxyl groups excluding tert-OH is 1. The van der Waals surface area contributed by atoms with Gasteiger partial charge in [-0.25, -0.2) is 0 Å². The molecule has 3 heteroatoms. The molecule has 0 aliphatic carbocycles. The summed E-state index contributed by atoms with van der Waals surface area (Å²) >= 11 is 6.91. The van der Waals surface area contributed by atoms with E-state index in [0.717, 1.165) is 20.9 Å². The third kappa shape index (κ3) is 4.19. The van der Waals surface area contributed by atoms with Crippen LogP contribution in [0.3, 0.4) is 0 Å². The highest BCUT2D eigenvalue weighted by Gasteiger charge is 2.14. The number of halogens is 2. The van der Waals surface area contributed by atoms with E-state index in [1.807, 2.05) is 18.2 Å². The van der Waals surface area contributed by atoms with E-state index >= 15 is 0 Å². The lowest BCUT2D eigenvalue weighted by molar-refractivity contribution is 0.144. The Morgan fingerprint density at radius 2 is 2.00 bits per heavy atom. The maximum Gasteiger partial charge on any atom is 0.0803 e. The molecule has 0 saturated carbocycles. The van der Waals surface area contributed by atoms with E-state index in [1.54, 1.807) is 0 Å². The fraction of sp³-hybridized carbons (Fsp3) is 0.538. The number of benzene rings is 1. The van der Waals surface area contributed by atoms with Crippen LogP contribution in [0, 0.1) is 5.92 Å². The van der Waals surface area contributed by atoms with Gasteiger partial charge in [0.05, 0.1) is 6.10 Å². The Balaban J connectivity index is 2.72. The number of rotatable bonds is 5. The average molecular weight is 350 g/mol. The molecule has 0 spiro atoms. The second-order valence-electron chi connectivity index (χ2n) is 4.31. The van der Waals surface area contributed by atoms with Gasteiger partial charge in [-0.15, -0.1) is 0 Å². The van der Waals surface area contributed by atoms with Gasteiger partial charge in [0.2, 0.25) is 0 Å². The van der Waals surface area contributed by atoms with Gasteiger partial charge in [-0.3, -0.25) is 0 Å². The zero-order valence-electron chi connectivity index (χ0n) is 9.71. The van der Waals surface area contributed by atoms with Crippen molar-refractivity contribution in [2.75, 3.05) is 0 Å². The molecule has 0 fully saturated rings. The topological polar surface area (TPSA) is 20.2 Å². The Kier molecular flexibility index (Phi) is 6.01. The molecule has 2 unspecified atom stereocenters. The summed E-state index contributed by atoms with van der Waals surface area (Å²) in [6.07, 6.45) is 2.78. The Morgan fingerprint density at radius 1 is 1.31 bits per heavy atom. The van der Waals surface area contributed by atoms with Crippen LogP contribution >= 0.6 is 31.9 Å². The highest BCUT2D eigenvalue weighted by atomic mass is 79.9. The first-order chi connectivity index (χ1) is 7.54. The maximum absolute atomic E-state index is 10.2. The predicted molar refractivity (Wildman–Crippen MR) is 75.5 cm³/mol. The molecule has 0 aliphatic rings. The van der Waals surface area contributed by atoms with Crippen LogP contribution in [0.1, 0.15) is 44.8 Å². The van der Waals surface area contributed by atoms with Crippen molar-refractivity contribution in [2.24, 2.45) is 5.92 Å². The molecule has 2 atom stereocenters. The van der Waals surface area contributed by atoms with E-state index in [4.69, 9.17) is 0 Å². The van der Waals surface area contributed by atoms with Crippen molar-refractivity contribution in [3.05, 3.63) is 32.7 Å². The molecular formula is C13H18Br2O. The van der Waals surface area contributed by atoms with Crippen LogP contribution in [0.15, 0.2) is 27.1 Å². The Hall–Kier alpha value is 0.140. The van der Waals surface area contributed by atoms with Crippen LogP contribution in [0.5, 0.6) is 0 Å². The third-order valence-electron chi connectivity index (χ3n) is 2.72. The number of hydrogen-bond donors (Lipinski definition) is 1. The second kappa shape index (κ2) is 6.77. The molecule has 1 rings (SSSR count). The van der Waals surface area contributed by atoms with Crippen LogP contribution in [0.4, 0.5) is 0 Å². The summed E-state index contributed by atoms with van der Waals surface area (Å²) in [7, 11) is 0. The fourth-order valence-electron chi connectivity index (χ4n) is 1.89. The molecule has 0 bridgehead atoms. The van der Waals surface area contributed by atoms with Crippen molar-refractivity contribution in [3.8, 4) is 0 Å². The molecule has 1 N–H and O–H groups in total. The minimum Gasteiger partial charge on any atom is -0.388 e. The zero-order chi connectivity index (χ0) is 12.1. The molecule has 16 heavy (non-hydrogen) atoms. The molecule has 0 radical (unpaired) electrons. The summed E-state index contributed by atoms with van der Waals surface area (Å²) in [5, 5.41) is 10.2. The molecule has 1 nitrogen and oxygen atoms in total. The summed E-state index contributed by atoms with van der Waals surface area (Å²) in [4.78, 5) is 0. The van der Waals surface area contributed by atoms with Crippen molar-refractivity contribution in [1.29, 1.82) is 0 Å². The average Bonchev–Trinajstić information content (AvgIpc) is 2.21. The standard InChI is InChI=1S/C13H18Br2O/c1-3-4-9(2)7-13(16)11-8-10(14)5-6-12(11)15/h5-6,8-9,13,16H,3-4,7H2,1-2H3. The quantitative estimate of drug-likeness (QED) is 0.786. The van der Waals surface area contributed by atoms with E-state index in [1.165, 1.54) is 12.8 Å². The molecule has 1 aromatic rings. The summed E-state index contributed by atoms with van der Waals surface area (Å²) in [5.41, 5.74) is 0.970. The van der Waals surface area contributed by atoms with Crippen LogP contribution in [0.2, 0.25) is 0 Å². The van der Waals surface area contributed by atoms with Gasteiger partial charge < -0.3 is 5.11 Å². The van der Waals surface area contributed by atoms with Crippen molar-refractivity contribution < 1.29 is 5.11 Å². The van der Waals surface area contributed by atoms with Gasteiger partial charge in [0.25, 0.3) is 0 Å². The third-order valence-corrected chi connectivity index (χ3v) is 3.94. The lowest BCUT2D eigenvalue weighted by Gasteiger charge is -2.17. The first-order valence-electron chi connectivity index (χ1n) is 5.67. The molecule has 90 valence electrons. The normalized spacial score (nSPS) is 14.8. The Labute approximate surface area is 115 Å². The molecule has 0 aliphatic heterocycles. The van der Waals surface area contributed by atoms with Crippen LogP contribution < -0.4 is 0 Å². The lowest BCUT2D eigenvalue weighted by Crippen LogP contribution is -2.05. The van der Waals surface area contributed by atoms with Crippen molar-refractivity contribution in [3.63, 3.8) is 0 Å². The first kappa shape index (κ1) is 14.2. The van der Waals surface area contributed by atoms with E-state index in [-0.39, 0.29) is 6.10 Å². The fourth-order valence-corrected chi connectivity index (χ4v) is 2.78. The lowest BCUT2D eigenvalue weighted by atomic mass is 9.95. The molecule has 0 heterocycles. The van der Waals surface area contributed by atoms with Gasteiger partial charge in [-0.1, -0.05) is 58.5 Å². The minimum absolute atomic E-state index is 0.381.